The SMILES string of the molecule is O=C(NCCc1ccccc1)C1CC[NH+](C[C@@H]2CC=CCC2)CC1. The van der Waals surface area contributed by atoms with Gasteiger partial charge in [-0.05, 0) is 31.2 Å². The third-order valence-corrected chi connectivity index (χ3v) is 5.57. The van der Waals surface area contributed by atoms with Gasteiger partial charge in [-0.3, -0.25) is 4.79 Å². The highest BCUT2D eigenvalue weighted by Gasteiger charge is 2.28. The number of allylic oxidation sites excluding steroid dienone is 2. The van der Waals surface area contributed by atoms with Crippen LogP contribution in [0.2, 0.25) is 0 Å². The summed E-state index contributed by atoms with van der Waals surface area (Å²) in [5.74, 6) is 1.36. The number of hydrogen-bond acceptors (Lipinski definition) is 1. The van der Waals surface area contributed by atoms with Gasteiger partial charge in [-0.2, -0.15) is 0 Å². The van der Waals surface area contributed by atoms with Crippen LogP contribution in [0.3, 0.4) is 0 Å². The predicted molar refractivity (Wildman–Crippen MR) is 97.9 cm³/mol. The molecule has 2 N–H and O–H groups in total. The zero-order chi connectivity index (χ0) is 16.6. The van der Waals surface area contributed by atoms with Crippen molar-refractivity contribution in [2.24, 2.45) is 11.8 Å². The van der Waals surface area contributed by atoms with E-state index in [0.717, 1.165) is 44.8 Å². The highest BCUT2D eigenvalue weighted by atomic mass is 16.1. The van der Waals surface area contributed by atoms with E-state index in [0.29, 0.717) is 0 Å². The molecule has 1 saturated heterocycles. The first-order valence-electron chi connectivity index (χ1n) is 9.61. The lowest BCUT2D eigenvalue weighted by molar-refractivity contribution is -0.909. The number of carbonyl (C=O) groups excluding carboxylic acids is 1. The molecule has 0 unspecified atom stereocenters. The summed E-state index contributed by atoms with van der Waals surface area (Å²) in [4.78, 5) is 14.1. The Kier molecular flexibility index (Phi) is 6.48. The summed E-state index contributed by atoms with van der Waals surface area (Å²) < 4.78 is 0. The van der Waals surface area contributed by atoms with Crippen LogP contribution in [0.1, 0.15) is 37.7 Å². The maximum atomic E-state index is 12.4. The van der Waals surface area contributed by atoms with Gasteiger partial charge < -0.3 is 10.2 Å². The van der Waals surface area contributed by atoms with Crippen molar-refractivity contribution >= 4 is 5.91 Å². The van der Waals surface area contributed by atoms with Crippen molar-refractivity contribution in [1.82, 2.24) is 5.32 Å². The van der Waals surface area contributed by atoms with Crippen molar-refractivity contribution in [2.75, 3.05) is 26.2 Å². The quantitative estimate of drug-likeness (QED) is 0.770. The molecule has 3 nitrogen and oxygen atoms in total. The molecule has 130 valence electrons. The van der Waals surface area contributed by atoms with E-state index in [-0.39, 0.29) is 11.8 Å². The Morgan fingerprint density at radius 2 is 1.88 bits per heavy atom. The number of hydrogen-bond donors (Lipinski definition) is 2. The number of benzene rings is 1. The number of likely N-dealkylation sites (tertiary alicyclic amines) is 1. The van der Waals surface area contributed by atoms with E-state index in [1.54, 1.807) is 4.90 Å². The van der Waals surface area contributed by atoms with Gasteiger partial charge in [0.15, 0.2) is 0 Å². The highest BCUT2D eigenvalue weighted by molar-refractivity contribution is 5.78. The van der Waals surface area contributed by atoms with Gasteiger partial charge in [0.25, 0.3) is 0 Å². The Morgan fingerprint density at radius 1 is 1.08 bits per heavy atom. The first kappa shape index (κ1) is 17.2. The lowest BCUT2D eigenvalue weighted by atomic mass is 9.91. The molecule has 1 fully saturated rings. The normalized spacial score (nSPS) is 26.9. The number of quaternary nitrogens is 1. The summed E-state index contributed by atoms with van der Waals surface area (Å²) in [7, 11) is 0. The third-order valence-electron chi connectivity index (χ3n) is 5.57. The molecule has 1 aromatic carbocycles. The summed E-state index contributed by atoms with van der Waals surface area (Å²) in [5, 5.41) is 3.14. The fourth-order valence-electron chi connectivity index (χ4n) is 4.06. The van der Waals surface area contributed by atoms with Crippen LogP contribution in [0.25, 0.3) is 0 Å². The van der Waals surface area contributed by atoms with Gasteiger partial charge >= 0.3 is 0 Å². The largest absolute Gasteiger partial charge is 0.356 e. The standard InChI is InChI=1S/C21H30N2O/c24-21(22-14-11-18-7-3-1-4-8-18)20-12-15-23(16-13-20)17-19-9-5-2-6-10-19/h1-5,7-8,19-20H,6,9-17H2,(H,22,24)/p+1/t19-/m1/s1. The molecule has 1 aliphatic carbocycles. The lowest BCUT2D eigenvalue weighted by Crippen LogP contribution is -3.13. The monoisotopic (exact) mass is 327 g/mol. The Balaban J connectivity index is 1.33. The molecule has 0 spiro atoms. The van der Waals surface area contributed by atoms with Crippen LogP contribution >= 0.6 is 0 Å². The smallest absolute Gasteiger partial charge is 0.223 e. The molecule has 1 heterocycles. The second-order valence-electron chi connectivity index (χ2n) is 7.41. The van der Waals surface area contributed by atoms with Crippen molar-refractivity contribution in [2.45, 2.75) is 38.5 Å². The van der Waals surface area contributed by atoms with E-state index < -0.39 is 0 Å². The van der Waals surface area contributed by atoms with Crippen LogP contribution < -0.4 is 10.2 Å². The molecule has 24 heavy (non-hydrogen) atoms. The van der Waals surface area contributed by atoms with E-state index in [1.165, 1.54) is 31.4 Å². The molecule has 1 amide bonds. The summed E-state index contributed by atoms with van der Waals surface area (Å²) in [5.41, 5.74) is 1.29. The zero-order valence-corrected chi connectivity index (χ0v) is 14.7. The number of carbonyl (C=O) groups is 1. The maximum absolute atomic E-state index is 12.4. The first-order valence-corrected chi connectivity index (χ1v) is 9.61. The van der Waals surface area contributed by atoms with Crippen LogP contribution in [0.15, 0.2) is 42.5 Å². The van der Waals surface area contributed by atoms with Gasteiger partial charge in [-0.25, -0.2) is 0 Å². The second-order valence-corrected chi connectivity index (χ2v) is 7.41. The zero-order valence-electron chi connectivity index (χ0n) is 14.7. The molecule has 0 bridgehead atoms. The van der Waals surface area contributed by atoms with E-state index in [4.69, 9.17) is 0 Å². The van der Waals surface area contributed by atoms with Crippen LogP contribution in [-0.2, 0) is 11.2 Å². The van der Waals surface area contributed by atoms with Crippen LogP contribution in [-0.4, -0.2) is 32.1 Å². The maximum Gasteiger partial charge on any atom is 0.223 e. The minimum absolute atomic E-state index is 0.232. The summed E-state index contributed by atoms with van der Waals surface area (Å²) >= 11 is 0. The van der Waals surface area contributed by atoms with Crippen molar-refractivity contribution in [3.8, 4) is 0 Å². The van der Waals surface area contributed by atoms with Crippen LogP contribution in [0, 0.1) is 11.8 Å². The Labute approximate surface area is 146 Å². The van der Waals surface area contributed by atoms with Gasteiger partial charge in [-0.1, -0.05) is 42.5 Å². The fourth-order valence-corrected chi connectivity index (χ4v) is 4.06. The number of amides is 1. The van der Waals surface area contributed by atoms with Gasteiger partial charge in [0.05, 0.1) is 19.6 Å². The van der Waals surface area contributed by atoms with E-state index in [1.807, 2.05) is 6.07 Å². The molecule has 2 aliphatic rings. The van der Waals surface area contributed by atoms with Gasteiger partial charge in [0, 0.05) is 31.2 Å². The lowest BCUT2D eigenvalue weighted by Gasteiger charge is -2.31. The van der Waals surface area contributed by atoms with Crippen molar-refractivity contribution < 1.29 is 9.69 Å². The van der Waals surface area contributed by atoms with E-state index in [2.05, 4.69) is 41.7 Å². The minimum atomic E-state index is 0.232. The third kappa shape index (κ3) is 5.20. The molecule has 1 aromatic rings. The fraction of sp³-hybridized carbons (Fsp3) is 0.571. The molecular weight excluding hydrogens is 296 g/mol. The molecule has 0 saturated carbocycles. The summed E-state index contributed by atoms with van der Waals surface area (Å²) in [6, 6.07) is 10.4. The molecule has 3 heteroatoms. The topological polar surface area (TPSA) is 33.5 Å². The molecule has 3 rings (SSSR count). The average molecular weight is 327 g/mol. The number of piperidine rings is 1. The van der Waals surface area contributed by atoms with Crippen LogP contribution in [0.4, 0.5) is 0 Å². The van der Waals surface area contributed by atoms with E-state index >= 15 is 0 Å². The molecule has 0 aromatic heterocycles. The van der Waals surface area contributed by atoms with Gasteiger partial charge in [0.2, 0.25) is 5.91 Å². The summed E-state index contributed by atoms with van der Waals surface area (Å²) in [6.45, 7) is 4.38. The minimum Gasteiger partial charge on any atom is -0.356 e. The molecule has 0 radical (unpaired) electrons. The van der Waals surface area contributed by atoms with Crippen LogP contribution in [0.5, 0.6) is 0 Å². The van der Waals surface area contributed by atoms with Crippen molar-refractivity contribution in [3.63, 3.8) is 0 Å². The summed E-state index contributed by atoms with van der Waals surface area (Å²) in [6.07, 6.45) is 11.6. The van der Waals surface area contributed by atoms with Crippen molar-refractivity contribution in [3.05, 3.63) is 48.0 Å². The van der Waals surface area contributed by atoms with E-state index in [9.17, 15) is 4.79 Å². The second kappa shape index (κ2) is 9.03. The Hall–Kier alpha value is -1.61. The molecule has 1 aliphatic heterocycles. The Morgan fingerprint density at radius 3 is 2.58 bits per heavy atom. The van der Waals surface area contributed by atoms with Gasteiger partial charge in [0.1, 0.15) is 0 Å². The van der Waals surface area contributed by atoms with Gasteiger partial charge in [-0.15, -0.1) is 0 Å². The Bertz CT molecular complexity index is 532. The number of rotatable bonds is 6. The molecular formula is C21H31N2O+. The highest BCUT2D eigenvalue weighted by Crippen LogP contribution is 2.17. The first-order chi connectivity index (χ1) is 11.8. The van der Waals surface area contributed by atoms with Crippen molar-refractivity contribution in [1.29, 1.82) is 0 Å². The average Bonchev–Trinajstić information content (AvgIpc) is 2.64. The molecule has 1 atom stereocenters. The predicted octanol–water partition coefficient (Wildman–Crippen LogP) is 2.00. The number of nitrogens with one attached hydrogen (secondary N) is 2.